The SMILES string of the molecule is CCOC(=O)C1NC1c1ccc(Cl)c(C(F)(F)F)c1. The third-order valence-corrected chi connectivity index (χ3v) is 3.11. The normalized spacial score (nSPS) is 22.2. The molecule has 1 aliphatic rings. The molecule has 1 fully saturated rings. The molecule has 0 saturated carbocycles. The largest absolute Gasteiger partial charge is 0.465 e. The first kappa shape index (κ1) is 14.1. The van der Waals surface area contributed by atoms with Gasteiger partial charge in [-0.25, -0.2) is 0 Å². The lowest BCUT2D eigenvalue weighted by atomic mass is 10.1. The number of rotatable bonds is 3. The molecular weight excluding hydrogens is 283 g/mol. The molecule has 0 bridgehead atoms. The van der Waals surface area contributed by atoms with Crippen LogP contribution in [-0.2, 0) is 15.7 Å². The molecule has 1 N–H and O–H groups in total. The van der Waals surface area contributed by atoms with Gasteiger partial charge in [0.25, 0.3) is 0 Å². The Morgan fingerprint density at radius 1 is 1.47 bits per heavy atom. The number of hydrogen-bond acceptors (Lipinski definition) is 3. The summed E-state index contributed by atoms with van der Waals surface area (Å²) in [5, 5.41) is 2.43. The highest BCUT2D eigenvalue weighted by Crippen LogP contribution is 2.39. The first-order valence-electron chi connectivity index (χ1n) is 5.64. The minimum atomic E-state index is -4.51. The fourth-order valence-corrected chi connectivity index (χ4v) is 2.04. The number of ether oxygens (including phenoxy) is 1. The van der Waals surface area contributed by atoms with E-state index in [1.807, 2.05) is 0 Å². The molecule has 0 aliphatic carbocycles. The van der Waals surface area contributed by atoms with Crippen LogP contribution < -0.4 is 5.32 Å². The fraction of sp³-hybridized carbons (Fsp3) is 0.417. The van der Waals surface area contributed by atoms with E-state index in [2.05, 4.69) is 5.32 Å². The highest BCUT2D eigenvalue weighted by atomic mass is 35.5. The molecule has 1 aliphatic heterocycles. The van der Waals surface area contributed by atoms with Crippen LogP contribution in [0, 0.1) is 0 Å². The molecule has 19 heavy (non-hydrogen) atoms. The Labute approximate surface area is 112 Å². The first-order chi connectivity index (χ1) is 8.84. The van der Waals surface area contributed by atoms with Gasteiger partial charge in [0.1, 0.15) is 6.04 Å². The zero-order chi connectivity index (χ0) is 14.2. The van der Waals surface area contributed by atoms with Crippen molar-refractivity contribution in [2.24, 2.45) is 0 Å². The van der Waals surface area contributed by atoms with Crippen molar-refractivity contribution in [2.75, 3.05) is 6.61 Å². The summed E-state index contributed by atoms with van der Waals surface area (Å²) < 4.78 is 42.9. The Hall–Kier alpha value is -1.27. The number of halogens is 4. The molecule has 1 saturated heterocycles. The highest BCUT2D eigenvalue weighted by Gasteiger charge is 2.45. The Bertz CT molecular complexity index is 504. The van der Waals surface area contributed by atoms with Gasteiger partial charge in [0, 0.05) is 0 Å². The van der Waals surface area contributed by atoms with Crippen LogP contribution in [0.25, 0.3) is 0 Å². The quantitative estimate of drug-likeness (QED) is 0.688. The number of hydrogen-bond donors (Lipinski definition) is 1. The van der Waals surface area contributed by atoms with E-state index in [-0.39, 0.29) is 11.6 Å². The van der Waals surface area contributed by atoms with E-state index in [0.717, 1.165) is 6.07 Å². The second-order valence-corrected chi connectivity index (χ2v) is 4.52. The molecule has 1 heterocycles. The van der Waals surface area contributed by atoms with Crippen LogP contribution in [0.1, 0.15) is 24.1 Å². The standard InChI is InChI=1S/C12H11ClF3NO2/c1-2-19-11(18)10-9(17-10)6-3-4-8(13)7(5-6)12(14,15)16/h3-5,9-10,17H,2H2,1H3. The Balaban J connectivity index is 2.18. The molecule has 2 rings (SSSR count). The summed E-state index contributed by atoms with van der Waals surface area (Å²) in [5.41, 5.74) is -0.530. The van der Waals surface area contributed by atoms with Gasteiger partial charge < -0.3 is 4.74 Å². The molecule has 2 atom stereocenters. The maximum Gasteiger partial charge on any atom is 0.417 e. The minimum Gasteiger partial charge on any atom is -0.465 e. The van der Waals surface area contributed by atoms with Crippen LogP contribution in [-0.4, -0.2) is 18.6 Å². The summed E-state index contributed by atoms with van der Waals surface area (Å²) >= 11 is 5.52. The average Bonchev–Trinajstić information content (AvgIpc) is 3.08. The van der Waals surface area contributed by atoms with Gasteiger partial charge in [-0.3, -0.25) is 10.1 Å². The van der Waals surface area contributed by atoms with Crippen molar-refractivity contribution < 1.29 is 22.7 Å². The fourth-order valence-electron chi connectivity index (χ4n) is 1.82. The summed E-state index contributed by atoms with van der Waals surface area (Å²) in [5.74, 6) is -0.462. The van der Waals surface area contributed by atoms with Crippen LogP contribution in [0.3, 0.4) is 0 Å². The van der Waals surface area contributed by atoms with Crippen LogP contribution in [0.2, 0.25) is 5.02 Å². The van der Waals surface area contributed by atoms with Gasteiger partial charge in [-0.1, -0.05) is 17.7 Å². The van der Waals surface area contributed by atoms with Crippen molar-refractivity contribution in [3.8, 4) is 0 Å². The number of carbonyl (C=O) groups excluding carboxylic acids is 1. The number of alkyl halides is 3. The molecule has 0 amide bonds. The molecule has 1 aromatic carbocycles. The zero-order valence-electron chi connectivity index (χ0n) is 9.92. The zero-order valence-corrected chi connectivity index (χ0v) is 10.7. The van der Waals surface area contributed by atoms with E-state index in [1.54, 1.807) is 6.92 Å². The van der Waals surface area contributed by atoms with Gasteiger partial charge in [-0.2, -0.15) is 13.2 Å². The summed E-state index contributed by atoms with van der Waals surface area (Å²) in [6.07, 6.45) is -4.51. The molecular formula is C12H11ClF3NO2. The van der Waals surface area contributed by atoms with Gasteiger partial charge in [-0.05, 0) is 24.6 Å². The Morgan fingerprint density at radius 3 is 2.74 bits per heavy atom. The maximum absolute atomic E-state index is 12.7. The van der Waals surface area contributed by atoms with Gasteiger partial charge in [0.15, 0.2) is 0 Å². The summed E-state index contributed by atoms with van der Waals surface area (Å²) in [7, 11) is 0. The topological polar surface area (TPSA) is 48.2 Å². The van der Waals surface area contributed by atoms with E-state index in [1.165, 1.54) is 12.1 Å². The smallest absolute Gasteiger partial charge is 0.417 e. The third kappa shape index (κ3) is 3.01. The summed E-state index contributed by atoms with van der Waals surface area (Å²) in [6, 6.07) is 2.58. The van der Waals surface area contributed by atoms with E-state index in [4.69, 9.17) is 16.3 Å². The first-order valence-corrected chi connectivity index (χ1v) is 6.01. The van der Waals surface area contributed by atoms with Crippen molar-refractivity contribution in [3.05, 3.63) is 34.3 Å². The average molecular weight is 294 g/mol. The minimum absolute atomic E-state index is 0.234. The van der Waals surface area contributed by atoms with Crippen molar-refractivity contribution in [1.29, 1.82) is 0 Å². The predicted molar refractivity (Wildman–Crippen MR) is 62.8 cm³/mol. The Kier molecular flexibility index (Phi) is 3.73. The lowest BCUT2D eigenvalue weighted by molar-refractivity contribution is -0.142. The van der Waals surface area contributed by atoms with Gasteiger partial charge in [-0.15, -0.1) is 0 Å². The number of carbonyl (C=O) groups is 1. The number of nitrogens with one attached hydrogen (secondary N) is 1. The summed E-state index contributed by atoms with van der Waals surface area (Å²) in [4.78, 5) is 11.4. The molecule has 7 heteroatoms. The number of esters is 1. The second kappa shape index (κ2) is 5.02. The molecule has 0 aromatic heterocycles. The van der Waals surface area contributed by atoms with E-state index in [9.17, 15) is 18.0 Å². The van der Waals surface area contributed by atoms with E-state index < -0.39 is 29.8 Å². The molecule has 0 spiro atoms. The van der Waals surface area contributed by atoms with Crippen LogP contribution in [0.15, 0.2) is 18.2 Å². The second-order valence-electron chi connectivity index (χ2n) is 4.11. The van der Waals surface area contributed by atoms with Crippen molar-refractivity contribution >= 4 is 17.6 Å². The molecule has 0 radical (unpaired) electrons. The van der Waals surface area contributed by atoms with Gasteiger partial charge in [0.2, 0.25) is 0 Å². The molecule has 104 valence electrons. The molecule has 2 unspecified atom stereocenters. The molecule has 1 aromatic rings. The predicted octanol–water partition coefficient (Wildman–Crippen LogP) is 2.93. The van der Waals surface area contributed by atoms with E-state index in [0.29, 0.717) is 5.56 Å². The highest BCUT2D eigenvalue weighted by molar-refractivity contribution is 6.31. The third-order valence-electron chi connectivity index (χ3n) is 2.78. The summed E-state index contributed by atoms with van der Waals surface area (Å²) in [6.45, 7) is 1.90. The van der Waals surface area contributed by atoms with Crippen molar-refractivity contribution in [2.45, 2.75) is 25.2 Å². The van der Waals surface area contributed by atoms with Gasteiger partial charge in [0.05, 0.1) is 23.2 Å². The van der Waals surface area contributed by atoms with Crippen LogP contribution in [0.4, 0.5) is 13.2 Å². The van der Waals surface area contributed by atoms with Crippen LogP contribution in [0.5, 0.6) is 0 Å². The van der Waals surface area contributed by atoms with Crippen molar-refractivity contribution in [1.82, 2.24) is 5.32 Å². The lowest BCUT2D eigenvalue weighted by Crippen LogP contribution is -2.14. The Morgan fingerprint density at radius 2 is 2.16 bits per heavy atom. The van der Waals surface area contributed by atoms with Crippen molar-refractivity contribution in [3.63, 3.8) is 0 Å². The number of benzene rings is 1. The monoisotopic (exact) mass is 293 g/mol. The maximum atomic E-state index is 12.7. The lowest BCUT2D eigenvalue weighted by Gasteiger charge is -2.10. The molecule has 3 nitrogen and oxygen atoms in total. The van der Waals surface area contributed by atoms with E-state index >= 15 is 0 Å². The van der Waals surface area contributed by atoms with Gasteiger partial charge >= 0.3 is 12.1 Å². The van der Waals surface area contributed by atoms with Crippen LogP contribution >= 0.6 is 11.6 Å².